The average molecular weight is 303 g/mol. The maximum absolute atomic E-state index is 5.68. The van der Waals surface area contributed by atoms with Crippen molar-refractivity contribution in [2.75, 3.05) is 5.32 Å². The smallest absolute Gasteiger partial charge is 0.315 e. The molecule has 2 aromatic heterocycles. The van der Waals surface area contributed by atoms with Crippen molar-refractivity contribution in [3.63, 3.8) is 0 Å². The van der Waals surface area contributed by atoms with Gasteiger partial charge in [0.2, 0.25) is 5.89 Å². The van der Waals surface area contributed by atoms with Gasteiger partial charge in [0.15, 0.2) is 0 Å². The summed E-state index contributed by atoms with van der Waals surface area (Å²) in [7, 11) is 0. The molecule has 1 N–H and O–H groups in total. The molecule has 1 saturated carbocycles. The van der Waals surface area contributed by atoms with Gasteiger partial charge in [-0.1, -0.05) is 17.9 Å². The van der Waals surface area contributed by atoms with Crippen LogP contribution in [0.2, 0.25) is 0 Å². The zero-order chi connectivity index (χ0) is 15.6. The van der Waals surface area contributed by atoms with Crippen molar-refractivity contribution in [1.29, 1.82) is 0 Å². The third-order valence-electron chi connectivity index (χ3n) is 4.17. The van der Waals surface area contributed by atoms with E-state index in [0.717, 1.165) is 23.8 Å². The maximum Gasteiger partial charge on any atom is 0.315 e. The van der Waals surface area contributed by atoms with Gasteiger partial charge in [-0.15, -0.1) is 5.10 Å². The van der Waals surface area contributed by atoms with Crippen LogP contribution >= 0.6 is 0 Å². The Morgan fingerprint density at radius 3 is 2.73 bits per heavy atom. The molecule has 2 aromatic rings. The first kappa shape index (κ1) is 15.1. The summed E-state index contributed by atoms with van der Waals surface area (Å²) in [6.45, 7) is 7.03. The van der Waals surface area contributed by atoms with Crippen LogP contribution in [0.4, 0.5) is 6.01 Å². The van der Waals surface area contributed by atoms with Crippen LogP contribution in [-0.4, -0.2) is 20.0 Å². The first-order chi connectivity index (χ1) is 10.5. The van der Waals surface area contributed by atoms with E-state index in [1.165, 1.54) is 25.7 Å². The molecule has 0 unspecified atom stereocenters. The van der Waals surface area contributed by atoms with E-state index in [1.54, 1.807) is 0 Å². The molecule has 6 nitrogen and oxygen atoms in total. The van der Waals surface area contributed by atoms with Gasteiger partial charge in [0.05, 0.1) is 11.7 Å². The highest BCUT2D eigenvalue weighted by atomic mass is 16.4. The number of hydrogen-bond acceptors (Lipinski definition) is 5. The van der Waals surface area contributed by atoms with Crippen molar-refractivity contribution in [3.05, 3.63) is 23.8 Å². The second-order valence-corrected chi connectivity index (χ2v) is 7.17. The maximum atomic E-state index is 5.68. The number of aromatic nitrogens is 4. The third kappa shape index (κ3) is 3.67. The Morgan fingerprint density at radius 1 is 1.27 bits per heavy atom. The molecule has 0 bridgehead atoms. The molecule has 0 atom stereocenters. The van der Waals surface area contributed by atoms with Crippen molar-refractivity contribution in [3.8, 4) is 0 Å². The molecule has 0 amide bonds. The van der Waals surface area contributed by atoms with Gasteiger partial charge in [0.1, 0.15) is 0 Å². The lowest BCUT2D eigenvalue weighted by molar-refractivity contribution is 0.355. The molecule has 1 aliphatic carbocycles. The molecule has 0 aliphatic heterocycles. The van der Waals surface area contributed by atoms with Gasteiger partial charge in [-0.3, -0.25) is 4.68 Å². The van der Waals surface area contributed by atoms with Gasteiger partial charge in [-0.05, 0) is 39.5 Å². The van der Waals surface area contributed by atoms with Crippen LogP contribution in [0.3, 0.4) is 0 Å². The van der Waals surface area contributed by atoms with Crippen LogP contribution in [0.15, 0.2) is 16.8 Å². The van der Waals surface area contributed by atoms with E-state index < -0.39 is 0 Å². The fraction of sp³-hybridized carbons (Fsp3) is 0.688. The topological polar surface area (TPSA) is 68.8 Å². The molecular weight excluding hydrogens is 278 g/mol. The molecule has 0 aromatic carbocycles. The molecular formula is C16H25N5O. The zero-order valence-corrected chi connectivity index (χ0v) is 13.7. The predicted octanol–water partition coefficient (Wildman–Crippen LogP) is 3.37. The third-order valence-corrected chi connectivity index (χ3v) is 4.17. The predicted molar refractivity (Wildman–Crippen MR) is 84.5 cm³/mol. The fourth-order valence-corrected chi connectivity index (χ4v) is 2.86. The Bertz CT molecular complexity index is 604. The van der Waals surface area contributed by atoms with Gasteiger partial charge in [0.25, 0.3) is 0 Å². The van der Waals surface area contributed by atoms with Crippen molar-refractivity contribution in [1.82, 2.24) is 20.0 Å². The first-order valence-corrected chi connectivity index (χ1v) is 8.11. The Labute approximate surface area is 131 Å². The average Bonchev–Trinajstić information content (AvgIpc) is 3.17. The van der Waals surface area contributed by atoms with Crippen LogP contribution in [0.1, 0.15) is 57.9 Å². The first-order valence-electron chi connectivity index (χ1n) is 8.11. The lowest BCUT2D eigenvalue weighted by atomic mass is 10.0. The summed E-state index contributed by atoms with van der Waals surface area (Å²) in [6.07, 6.45) is 10.1. The second-order valence-electron chi connectivity index (χ2n) is 7.17. The molecule has 2 heterocycles. The van der Waals surface area contributed by atoms with Gasteiger partial charge in [0, 0.05) is 24.7 Å². The molecule has 0 spiro atoms. The van der Waals surface area contributed by atoms with Crippen LogP contribution in [-0.2, 0) is 18.5 Å². The van der Waals surface area contributed by atoms with Gasteiger partial charge >= 0.3 is 6.01 Å². The minimum absolute atomic E-state index is 0.00279. The van der Waals surface area contributed by atoms with E-state index in [-0.39, 0.29) is 5.54 Å². The van der Waals surface area contributed by atoms with E-state index in [4.69, 9.17) is 4.42 Å². The van der Waals surface area contributed by atoms with Gasteiger partial charge in [-0.25, -0.2) is 0 Å². The lowest BCUT2D eigenvalue weighted by Gasteiger charge is -2.18. The number of anilines is 1. The molecule has 1 fully saturated rings. The molecule has 6 heteroatoms. The molecule has 22 heavy (non-hydrogen) atoms. The summed E-state index contributed by atoms with van der Waals surface area (Å²) >= 11 is 0. The van der Waals surface area contributed by atoms with Crippen LogP contribution < -0.4 is 5.32 Å². The van der Waals surface area contributed by atoms with Crippen molar-refractivity contribution >= 4 is 6.01 Å². The van der Waals surface area contributed by atoms with Crippen LogP contribution in [0.5, 0.6) is 0 Å². The molecule has 3 rings (SSSR count). The summed E-state index contributed by atoms with van der Waals surface area (Å²) in [4.78, 5) is 0. The number of hydrogen-bond donors (Lipinski definition) is 1. The molecule has 0 saturated heterocycles. The quantitative estimate of drug-likeness (QED) is 0.917. The van der Waals surface area contributed by atoms with Crippen molar-refractivity contribution < 1.29 is 4.42 Å². The summed E-state index contributed by atoms with van der Waals surface area (Å²) in [5.41, 5.74) is 1.10. The van der Waals surface area contributed by atoms with E-state index >= 15 is 0 Å². The lowest BCUT2D eigenvalue weighted by Crippen LogP contribution is -2.21. The standard InChI is InChI=1S/C16H25N5O/c1-16(2,3)21-11-13(10-18-21)9-17-15-20-19-14(22-15)8-12-6-4-5-7-12/h10-12H,4-9H2,1-3H3,(H,17,20). The SMILES string of the molecule is CC(C)(C)n1cc(CNc2nnc(CC3CCCC3)o2)cn1. The highest BCUT2D eigenvalue weighted by Crippen LogP contribution is 2.27. The minimum atomic E-state index is -0.00279. The molecule has 0 radical (unpaired) electrons. The van der Waals surface area contributed by atoms with Crippen molar-refractivity contribution in [2.45, 2.75) is 65.0 Å². The van der Waals surface area contributed by atoms with Gasteiger partial charge < -0.3 is 9.73 Å². The van der Waals surface area contributed by atoms with E-state index in [2.05, 4.69) is 41.4 Å². The largest absolute Gasteiger partial charge is 0.408 e. The number of nitrogens with zero attached hydrogens (tertiary/aromatic N) is 4. The summed E-state index contributed by atoms with van der Waals surface area (Å²) < 4.78 is 7.64. The number of nitrogens with one attached hydrogen (secondary N) is 1. The van der Waals surface area contributed by atoms with Crippen LogP contribution in [0, 0.1) is 5.92 Å². The second kappa shape index (κ2) is 6.10. The Hall–Kier alpha value is -1.85. The van der Waals surface area contributed by atoms with E-state index in [0.29, 0.717) is 12.6 Å². The fourth-order valence-electron chi connectivity index (χ4n) is 2.86. The Kier molecular flexibility index (Phi) is 4.18. The number of rotatable bonds is 5. The highest BCUT2D eigenvalue weighted by Gasteiger charge is 2.19. The highest BCUT2D eigenvalue weighted by molar-refractivity contribution is 5.21. The van der Waals surface area contributed by atoms with Gasteiger partial charge in [-0.2, -0.15) is 5.10 Å². The van der Waals surface area contributed by atoms with E-state index in [9.17, 15) is 0 Å². The monoisotopic (exact) mass is 303 g/mol. The minimum Gasteiger partial charge on any atom is -0.408 e. The summed E-state index contributed by atoms with van der Waals surface area (Å²) in [5.74, 6) is 1.47. The summed E-state index contributed by atoms with van der Waals surface area (Å²) in [6, 6.07) is 0.497. The molecule has 120 valence electrons. The Balaban J connectivity index is 1.53. The zero-order valence-electron chi connectivity index (χ0n) is 13.7. The van der Waals surface area contributed by atoms with Crippen molar-refractivity contribution in [2.24, 2.45) is 5.92 Å². The molecule has 1 aliphatic rings. The van der Waals surface area contributed by atoms with E-state index in [1.807, 2.05) is 17.1 Å². The Morgan fingerprint density at radius 2 is 2.05 bits per heavy atom. The summed E-state index contributed by atoms with van der Waals surface area (Å²) in [5, 5.41) is 15.8. The normalized spacial score (nSPS) is 16.3. The van der Waals surface area contributed by atoms with Crippen LogP contribution in [0.25, 0.3) is 0 Å².